The van der Waals surface area contributed by atoms with Crippen LogP contribution in [0.2, 0.25) is 0 Å². The maximum absolute atomic E-state index is 12.2. The van der Waals surface area contributed by atoms with Crippen LogP contribution in [0, 0.1) is 0 Å². The Kier molecular flexibility index (Phi) is 5.55. The van der Waals surface area contributed by atoms with Crippen LogP contribution in [-0.4, -0.2) is 36.6 Å². The Morgan fingerprint density at radius 3 is 2.64 bits per heavy atom. The Hall–Kier alpha value is -1.88. The first-order chi connectivity index (χ1) is 10.5. The van der Waals surface area contributed by atoms with E-state index in [-0.39, 0.29) is 18.0 Å². The maximum atomic E-state index is 12.2. The zero-order chi connectivity index (χ0) is 16.0. The Morgan fingerprint density at radius 1 is 1.27 bits per heavy atom. The summed E-state index contributed by atoms with van der Waals surface area (Å²) in [4.78, 5) is 22.7. The molecule has 5 heteroatoms. The van der Waals surface area contributed by atoms with Gasteiger partial charge in [-0.1, -0.05) is 18.2 Å². The van der Waals surface area contributed by atoms with Gasteiger partial charge < -0.3 is 15.4 Å². The monoisotopic (exact) mass is 304 g/mol. The standard InChI is InChI=1S/C17H24N2O3/c1-17(2,22-12-20)11-18-14-9-6-10-15(14)19-16(21)13-7-4-3-5-8-13/h3-5,7-8,12,14-15,18H,6,9-11H2,1-2H3,(H,19,21)/t14-,15-/m1/s1. The normalized spacial score (nSPS) is 21.4. The molecule has 1 fully saturated rings. The van der Waals surface area contributed by atoms with Crippen molar-refractivity contribution in [2.45, 2.75) is 50.8 Å². The van der Waals surface area contributed by atoms with E-state index < -0.39 is 5.60 Å². The van der Waals surface area contributed by atoms with Crippen molar-refractivity contribution in [2.75, 3.05) is 6.54 Å². The smallest absolute Gasteiger partial charge is 0.293 e. The van der Waals surface area contributed by atoms with Crippen molar-refractivity contribution in [3.8, 4) is 0 Å². The summed E-state index contributed by atoms with van der Waals surface area (Å²) in [5.74, 6) is -0.0392. The van der Waals surface area contributed by atoms with E-state index in [1.54, 1.807) is 0 Å². The van der Waals surface area contributed by atoms with E-state index >= 15 is 0 Å². The molecule has 120 valence electrons. The molecular formula is C17H24N2O3. The van der Waals surface area contributed by atoms with E-state index in [0.717, 1.165) is 19.3 Å². The third-order valence-corrected chi connectivity index (χ3v) is 4.03. The molecule has 5 nitrogen and oxygen atoms in total. The molecule has 2 atom stereocenters. The van der Waals surface area contributed by atoms with E-state index in [9.17, 15) is 9.59 Å². The summed E-state index contributed by atoms with van der Waals surface area (Å²) >= 11 is 0. The molecule has 1 aromatic carbocycles. The lowest BCUT2D eigenvalue weighted by atomic mass is 10.1. The number of carbonyl (C=O) groups is 2. The average Bonchev–Trinajstić information content (AvgIpc) is 2.93. The van der Waals surface area contributed by atoms with Crippen LogP contribution in [0.25, 0.3) is 0 Å². The average molecular weight is 304 g/mol. The summed E-state index contributed by atoms with van der Waals surface area (Å²) in [6.07, 6.45) is 3.05. The summed E-state index contributed by atoms with van der Waals surface area (Å²) in [6, 6.07) is 9.56. The lowest BCUT2D eigenvalue weighted by Gasteiger charge is -2.28. The van der Waals surface area contributed by atoms with E-state index in [0.29, 0.717) is 18.6 Å². The minimum atomic E-state index is -0.543. The van der Waals surface area contributed by atoms with Crippen LogP contribution < -0.4 is 10.6 Å². The first-order valence-electron chi connectivity index (χ1n) is 7.72. The molecule has 1 amide bonds. The number of ether oxygens (including phenoxy) is 1. The van der Waals surface area contributed by atoms with Crippen molar-refractivity contribution in [3.05, 3.63) is 35.9 Å². The van der Waals surface area contributed by atoms with Crippen molar-refractivity contribution < 1.29 is 14.3 Å². The summed E-state index contributed by atoms with van der Waals surface area (Å²) < 4.78 is 5.04. The number of rotatable bonds is 7. The Labute approximate surface area is 131 Å². The zero-order valence-corrected chi connectivity index (χ0v) is 13.2. The molecule has 22 heavy (non-hydrogen) atoms. The second-order valence-electron chi connectivity index (χ2n) is 6.34. The topological polar surface area (TPSA) is 67.4 Å². The van der Waals surface area contributed by atoms with Crippen LogP contribution >= 0.6 is 0 Å². The molecule has 1 aliphatic rings. The molecule has 1 aliphatic carbocycles. The quantitative estimate of drug-likeness (QED) is 0.755. The molecular weight excluding hydrogens is 280 g/mol. The van der Waals surface area contributed by atoms with Crippen LogP contribution in [0.4, 0.5) is 0 Å². The van der Waals surface area contributed by atoms with Gasteiger partial charge in [0.1, 0.15) is 5.60 Å². The highest BCUT2D eigenvalue weighted by atomic mass is 16.5. The molecule has 0 radical (unpaired) electrons. The fourth-order valence-electron chi connectivity index (χ4n) is 2.77. The van der Waals surface area contributed by atoms with Crippen molar-refractivity contribution >= 4 is 12.4 Å². The number of carbonyl (C=O) groups excluding carboxylic acids is 2. The van der Waals surface area contributed by atoms with E-state index in [1.807, 2.05) is 44.2 Å². The van der Waals surface area contributed by atoms with Crippen LogP contribution in [0.1, 0.15) is 43.5 Å². The lowest BCUT2D eigenvalue weighted by molar-refractivity contribution is -0.140. The Balaban J connectivity index is 1.88. The summed E-state index contributed by atoms with van der Waals surface area (Å²) in [5.41, 5.74) is 0.135. The highest BCUT2D eigenvalue weighted by Crippen LogP contribution is 2.20. The second kappa shape index (κ2) is 7.40. The summed E-state index contributed by atoms with van der Waals surface area (Å²) in [6.45, 7) is 4.76. The SMILES string of the molecule is CC(C)(CN[C@@H]1CCC[C@H]1NC(=O)c1ccccc1)OC=O. The number of amides is 1. The zero-order valence-electron chi connectivity index (χ0n) is 13.2. The van der Waals surface area contributed by atoms with Gasteiger partial charge in [0, 0.05) is 24.2 Å². The lowest BCUT2D eigenvalue weighted by Crippen LogP contribution is -2.50. The molecule has 1 aromatic rings. The van der Waals surface area contributed by atoms with Gasteiger partial charge >= 0.3 is 0 Å². The van der Waals surface area contributed by atoms with Crippen molar-refractivity contribution in [1.82, 2.24) is 10.6 Å². The first-order valence-corrected chi connectivity index (χ1v) is 7.72. The van der Waals surface area contributed by atoms with Gasteiger partial charge in [0.15, 0.2) is 0 Å². The first kappa shape index (κ1) is 16.5. The molecule has 0 heterocycles. The maximum Gasteiger partial charge on any atom is 0.293 e. The van der Waals surface area contributed by atoms with E-state index in [1.165, 1.54) is 0 Å². The Morgan fingerprint density at radius 2 is 1.95 bits per heavy atom. The van der Waals surface area contributed by atoms with E-state index in [2.05, 4.69) is 10.6 Å². The second-order valence-corrected chi connectivity index (χ2v) is 6.34. The van der Waals surface area contributed by atoms with Gasteiger partial charge in [0.25, 0.3) is 12.4 Å². The van der Waals surface area contributed by atoms with Gasteiger partial charge in [-0.05, 0) is 45.2 Å². The van der Waals surface area contributed by atoms with Crippen molar-refractivity contribution in [2.24, 2.45) is 0 Å². The highest BCUT2D eigenvalue weighted by Gasteiger charge is 2.30. The fourth-order valence-corrected chi connectivity index (χ4v) is 2.77. The van der Waals surface area contributed by atoms with E-state index in [4.69, 9.17) is 4.74 Å². The number of nitrogens with one attached hydrogen (secondary N) is 2. The minimum absolute atomic E-state index is 0.0392. The van der Waals surface area contributed by atoms with Crippen LogP contribution in [0.15, 0.2) is 30.3 Å². The van der Waals surface area contributed by atoms with Gasteiger partial charge in [-0.2, -0.15) is 0 Å². The molecule has 0 aliphatic heterocycles. The summed E-state index contributed by atoms with van der Waals surface area (Å²) in [7, 11) is 0. The van der Waals surface area contributed by atoms with Crippen LogP contribution in [0.5, 0.6) is 0 Å². The number of hydrogen-bond acceptors (Lipinski definition) is 4. The van der Waals surface area contributed by atoms with Gasteiger partial charge in [0.05, 0.1) is 0 Å². The van der Waals surface area contributed by atoms with Crippen LogP contribution in [0.3, 0.4) is 0 Å². The van der Waals surface area contributed by atoms with Crippen molar-refractivity contribution in [1.29, 1.82) is 0 Å². The van der Waals surface area contributed by atoms with Gasteiger partial charge in [0.2, 0.25) is 0 Å². The fraction of sp³-hybridized carbons (Fsp3) is 0.529. The number of benzene rings is 1. The third-order valence-electron chi connectivity index (χ3n) is 4.03. The van der Waals surface area contributed by atoms with Gasteiger partial charge in [-0.25, -0.2) is 0 Å². The molecule has 2 rings (SSSR count). The predicted molar refractivity (Wildman–Crippen MR) is 84.6 cm³/mol. The van der Waals surface area contributed by atoms with Crippen LogP contribution in [-0.2, 0) is 9.53 Å². The van der Waals surface area contributed by atoms with Gasteiger partial charge in [-0.15, -0.1) is 0 Å². The number of hydrogen-bond donors (Lipinski definition) is 2. The minimum Gasteiger partial charge on any atom is -0.461 e. The largest absolute Gasteiger partial charge is 0.461 e. The Bertz CT molecular complexity index is 502. The summed E-state index contributed by atoms with van der Waals surface area (Å²) in [5, 5.41) is 6.52. The predicted octanol–water partition coefficient (Wildman–Crippen LogP) is 1.88. The molecule has 1 saturated carbocycles. The van der Waals surface area contributed by atoms with Crippen molar-refractivity contribution in [3.63, 3.8) is 0 Å². The third kappa shape index (κ3) is 4.56. The molecule has 0 aromatic heterocycles. The molecule has 0 spiro atoms. The molecule has 0 bridgehead atoms. The highest BCUT2D eigenvalue weighted by molar-refractivity contribution is 5.94. The van der Waals surface area contributed by atoms with Gasteiger partial charge in [-0.3, -0.25) is 9.59 Å². The molecule has 0 unspecified atom stereocenters. The molecule has 2 N–H and O–H groups in total. The molecule has 0 saturated heterocycles.